The number of amides is 2. The van der Waals surface area contributed by atoms with E-state index in [0.29, 0.717) is 19.6 Å². The van der Waals surface area contributed by atoms with E-state index in [1.54, 1.807) is 6.92 Å². The lowest BCUT2D eigenvalue weighted by Gasteiger charge is -2.41. The normalized spacial score (nSPS) is 16.9. The average Bonchev–Trinajstić information content (AvgIpc) is 3.13. The molecule has 1 aliphatic rings. The van der Waals surface area contributed by atoms with Crippen LogP contribution in [-0.2, 0) is 9.59 Å². The van der Waals surface area contributed by atoms with E-state index in [-0.39, 0.29) is 30.5 Å². The van der Waals surface area contributed by atoms with Crippen LogP contribution in [0.3, 0.4) is 0 Å². The van der Waals surface area contributed by atoms with Crippen LogP contribution in [-0.4, -0.2) is 63.9 Å². The number of anilines is 1. The van der Waals surface area contributed by atoms with E-state index < -0.39 is 0 Å². The Balaban J connectivity index is 1.48. The summed E-state index contributed by atoms with van der Waals surface area (Å²) in [5, 5.41) is 3.00. The van der Waals surface area contributed by atoms with E-state index in [0.717, 1.165) is 33.9 Å². The fraction of sp³-hybridized carbons (Fsp3) is 0.400. The summed E-state index contributed by atoms with van der Waals surface area (Å²) in [5.74, 6) is 1.60. The van der Waals surface area contributed by atoms with E-state index >= 15 is 0 Å². The lowest BCUT2D eigenvalue weighted by molar-refractivity contribution is -0.132. The molecule has 1 unspecified atom stereocenters. The van der Waals surface area contributed by atoms with Gasteiger partial charge in [-0.2, -0.15) is 0 Å². The van der Waals surface area contributed by atoms with Crippen LogP contribution in [0.5, 0.6) is 5.75 Å². The number of fused-ring (bicyclic) bond motifs is 1. The molecule has 2 heterocycles. The summed E-state index contributed by atoms with van der Waals surface area (Å²) < 4.78 is 5.76. The van der Waals surface area contributed by atoms with Crippen molar-refractivity contribution in [3.63, 3.8) is 0 Å². The number of rotatable bonds is 6. The molecular formula is C25H31N5O3. The van der Waals surface area contributed by atoms with Crippen LogP contribution in [0.4, 0.5) is 5.69 Å². The van der Waals surface area contributed by atoms with Crippen LogP contribution in [0.15, 0.2) is 42.5 Å². The molecule has 1 aliphatic heterocycles. The van der Waals surface area contributed by atoms with Gasteiger partial charge in [-0.05, 0) is 56.7 Å². The second-order valence-electron chi connectivity index (χ2n) is 8.79. The third-order valence-electron chi connectivity index (χ3n) is 5.80. The van der Waals surface area contributed by atoms with Gasteiger partial charge in [-0.15, -0.1) is 0 Å². The van der Waals surface area contributed by atoms with Gasteiger partial charge in [0.25, 0.3) is 0 Å². The van der Waals surface area contributed by atoms with Crippen LogP contribution in [0.1, 0.15) is 38.2 Å². The maximum Gasteiger partial charge on any atom is 0.238 e. The SMILES string of the molecule is CC(=O)N1CCN(CC(=O)Nc2ccc3nc(C)[nH]c3c2)C(c2ccc(OC(C)C)cc2)C1. The Morgan fingerprint density at radius 2 is 1.94 bits per heavy atom. The van der Waals surface area contributed by atoms with E-state index in [4.69, 9.17) is 4.74 Å². The zero-order valence-electron chi connectivity index (χ0n) is 19.6. The zero-order valence-corrected chi connectivity index (χ0v) is 19.6. The number of ether oxygens (including phenoxy) is 1. The number of carbonyl (C=O) groups is 2. The highest BCUT2D eigenvalue weighted by molar-refractivity contribution is 5.94. The van der Waals surface area contributed by atoms with Gasteiger partial charge in [-0.3, -0.25) is 14.5 Å². The standard InChI is InChI=1S/C25H31N5O3/c1-16(2)33-21-8-5-19(6-9-21)24-14-29(18(4)31)11-12-30(24)15-25(32)28-20-7-10-22-23(13-20)27-17(3)26-22/h5-10,13,16,24H,11-12,14-15H2,1-4H3,(H,26,27)(H,28,32). The van der Waals surface area contributed by atoms with Gasteiger partial charge in [0.2, 0.25) is 11.8 Å². The number of benzene rings is 2. The Labute approximate surface area is 193 Å². The Bertz CT molecular complexity index is 1140. The third kappa shape index (κ3) is 5.51. The summed E-state index contributed by atoms with van der Waals surface area (Å²) >= 11 is 0. The molecule has 2 aromatic carbocycles. The number of aromatic nitrogens is 2. The van der Waals surface area contributed by atoms with Gasteiger partial charge < -0.3 is 19.9 Å². The maximum atomic E-state index is 12.9. The summed E-state index contributed by atoms with van der Waals surface area (Å²) in [6.07, 6.45) is 0.101. The summed E-state index contributed by atoms with van der Waals surface area (Å²) in [4.78, 5) is 36.5. The first-order chi connectivity index (χ1) is 15.8. The molecule has 174 valence electrons. The van der Waals surface area contributed by atoms with Crippen molar-refractivity contribution >= 4 is 28.5 Å². The minimum Gasteiger partial charge on any atom is -0.491 e. The number of nitrogens with zero attached hydrogens (tertiary/aromatic N) is 3. The van der Waals surface area contributed by atoms with Crippen LogP contribution in [0, 0.1) is 6.92 Å². The molecule has 1 atom stereocenters. The highest BCUT2D eigenvalue weighted by Crippen LogP contribution is 2.27. The first-order valence-electron chi connectivity index (χ1n) is 11.3. The van der Waals surface area contributed by atoms with E-state index in [2.05, 4.69) is 20.2 Å². The minimum absolute atomic E-state index is 0.0482. The van der Waals surface area contributed by atoms with Gasteiger partial charge in [0.1, 0.15) is 11.6 Å². The molecule has 0 bridgehead atoms. The summed E-state index contributed by atoms with van der Waals surface area (Å²) in [5.41, 5.74) is 3.54. The van der Waals surface area contributed by atoms with E-state index in [1.807, 2.05) is 68.1 Å². The highest BCUT2D eigenvalue weighted by atomic mass is 16.5. The molecule has 8 heteroatoms. The van der Waals surface area contributed by atoms with Crippen molar-refractivity contribution in [3.8, 4) is 5.75 Å². The Morgan fingerprint density at radius 1 is 1.18 bits per heavy atom. The lowest BCUT2D eigenvalue weighted by atomic mass is 10.0. The largest absolute Gasteiger partial charge is 0.491 e. The number of hydrogen-bond acceptors (Lipinski definition) is 5. The molecule has 0 radical (unpaired) electrons. The number of hydrogen-bond donors (Lipinski definition) is 2. The summed E-state index contributed by atoms with van der Waals surface area (Å²) in [6, 6.07) is 13.5. The molecule has 1 saturated heterocycles. The monoisotopic (exact) mass is 449 g/mol. The first kappa shape index (κ1) is 22.8. The molecule has 2 amide bonds. The molecule has 1 aromatic heterocycles. The number of piperazine rings is 1. The van der Waals surface area contributed by atoms with Crippen molar-refractivity contribution in [2.24, 2.45) is 0 Å². The van der Waals surface area contributed by atoms with Gasteiger partial charge >= 0.3 is 0 Å². The summed E-state index contributed by atoms with van der Waals surface area (Å²) in [7, 11) is 0. The third-order valence-corrected chi connectivity index (χ3v) is 5.80. The molecule has 2 N–H and O–H groups in total. The number of imidazole rings is 1. The average molecular weight is 450 g/mol. The van der Waals surface area contributed by atoms with Crippen molar-refractivity contribution < 1.29 is 14.3 Å². The van der Waals surface area contributed by atoms with Gasteiger partial charge in [-0.1, -0.05) is 12.1 Å². The number of aryl methyl sites for hydroxylation is 1. The fourth-order valence-electron chi connectivity index (χ4n) is 4.25. The Hall–Kier alpha value is -3.39. The molecule has 33 heavy (non-hydrogen) atoms. The molecule has 8 nitrogen and oxygen atoms in total. The Morgan fingerprint density at radius 3 is 2.64 bits per heavy atom. The highest BCUT2D eigenvalue weighted by Gasteiger charge is 2.30. The van der Waals surface area contributed by atoms with E-state index in [9.17, 15) is 9.59 Å². The molecule has 0 spiro atoms. The van der Waals surface area contributed by atoms with Crippen LogP contribution in [0.25, 0.3) is 11.0 Å². The van der Waals surface area contributed by atoms with Gasteiger partial charge in [0.05, 0.1) is 29.7 Å². The smallest absolute Gasteiger partial charge is 0.238 e. The Kier molecular flexibility index (Phi) is 6.65. The molecular weight excluding hydrogens is 418 g/mol. The van der Waals surface area contributed by atoms with Crippen LogP contribution in [0.2, 0.25) is 0 Å². The maximum absolute atomic E-state index is 12.9. The number of aromatic amines is 1. The van der Waals surface area contributed by atoms with Crippen molar-refractivity contribution in [3.05, 3.63) is 53.9 Å². The predicted octanol–water partition coefficient (Wildman–Crippen LogP) is 3.50. The lowest BCUT2D eigenvalue weighted by Crippen LogP contribution is -2.51. The predicted molar refractivity (Wildman–Crippen MR) is 128 cm³/mol. The molecule has 0 saturated carbocycles. The van der Waals surface area contributed by atoms with Crippen molar-refractivity contribution in [2.75, 3.05) is 31.5 Å². The number of H-pyrrole nitrogens is 1. The van der Waals surface area contributed by atoms with Crippen molar-refractivity contribution in [1.29, 1.82) is 0 Å². The second-order valence-corrected chi connectivity index (χ2v) is 8.79. The fourth-order valence-corrected chi connectivity index (χ4v) is 4.25. The number of carbonyl (C=O) groups excluding carboxylic acids is 2. The van der Waals surface area contributed by atoms with Crippen molar-refractivity contribution in [2.45, 2.75) is 39.8 Å². The van der Waals surface area contributed by atoms with Gasteiger partial charge in [0, 0.05) is 32.2 Å². The van der Waals surface area contributed by atoms with E-state index in [1.165, 1.54) is 0 Å². The molecule has 4 rings (SSSR count). The van der Waals surface area contributed by atoms with Crippen LogP contribution >= 0.6 is 0 Å². The van der Waals surface area contributed by atoms with Gasteiger partial charge in [0.15, 0.2) is 0 Å². The van der Waals surface area contributed by atoms with Crippen LogP contribution < -0.4 is 10.1 Å². The summed E-state index contributed by atoms with van der Waals surface area (Å²) in [6.45, 7) is 9.49. The number of nitrogens with one attached hydrogen (secondary N) is 2. The molecule has 0 aliphatic carbocycles. The molecule has 1 fully saturated rings. The zero-order chi connectivity index (χ0) is 23.5. The first-order valence-corrected chi connectivity index (χ1v) is 11.3. The quantitative estimate of drug-likeness (QED) is 0.601. The van der Waals surface area contributed by atoms with Crippen molar-refractivity contribution in [1.82, 2.24) is 19.8 Å². The topological polar surface area (TPSA) is 90.6 Å². The minimum atomic E-state index is -0.0911. The second kappa shape index (κ2) is 9.62. The van der Waals surface area contributed by atoms with Gasteiger partial charge in [-0.25, -0.2) is 4.98 Å². The molecule has 3 aromatic rings.